The molecular weight excluding hydrogens is 400 g/mol. The van der Waals surface area contributed by atoms with Crippen molar-refractivity contribution in [1.82, 2.24) is 4.57 Å². The fourth-order valence-corrected chi connectivity index (χ4v) is 4.14. The van der Waals surface area contributed by atoms with Crippen LogP contribution in [0.4, 0.5) is 0 Å². The molecule has 0 saturated heterocycles. The summed E-state index contributed by atoms with van der Waals surface area (Å²) in [6.45, 7) is 2.36. The molecule has 0 N–H and O–H groups in total. The Morgan fingerprint density at radius 1 is 1.17 bits per heavy atom. The minimum atomic E-state index is -0.391. The SMILES string of the molecule is C#CCn1c(=NC(=O)/C=C\c2cc(OC)c(OC)c(OC)c2)sc2cc(C)ccc21. The van der Waals surface area contributed by atoms with Gasteiger partial charge in [-0.25, -0.2) is 0 Å². The first-order valence-corrected chi connectivity index (χ1v) is 9.92. The number of ether oxygens (including phenoxy) is 3. The highest BCUT2D eigenvalue weighted by molar-refractivity contribution is 7.16. The first kappa shape index (κ1) is 21.2. The van der Waals surface area contributed by atoms with E-state index in [0.29, 0.717) is 28.6 Å². The maximum atomic E-state index is 12.5. The fraction of sp³-hybridized carbons (Fsp3) is 0.217. The van der Waals surface area contributed by atoms with E-state index < -0.39 is 5.91 Å². The number of hydrogen-bond acceptors (Lipinski definition) is 5. The van der Waals surface area contributed by atoms with Gasteiger partial charge in [0.05, 0.1) is 38.1 Å². The Hall–Kier alpha value is -3.50. The number of aryl methyl sites for hydroxylation is 1. The van der Waals surface area contributed by atoms with Gasteiger partial charge in [-0.05, 0) is 48.4 Å². The molecular formula is C23H22N2O4S. The van der Waals surface area contributed by atoms with Gasteiger partial charge in [0, 0.05) is 6.08 Å². The Labute approximate surface area is 179 Å². The number of hydrogen-bond donors (Lipinski definition) is 0. The third kappa shape index (κ3) is 4.39. The summed E-state index contributed by atoms with van der Waals surface area (Å²) >= 11 is 1.43. The Morgan fingerprint density at radius 2 is 1.87 bits per heavy atom. The lowest BCUT2D eigenvalue weighted by Gasteiger charge is -2.12. The zero-order valence-corrected chi connectivity index (χ0v) is 18.1. The van der Waals surface area contributed by atoms with Gasteiger partial charge >= 0.3 is 0 Å². The maximum absolute atomic E-state index is 12.5. The largest absolute Gasteiger partial charge is 0.493 e. The third-order valence-electron chi connectivity index (χ3n) is 4.40. The van der Waals surface area contributed by atoms with Crippen molar-refractivity contribution in [3.63, 3.8) is 0 Å². The van der Waals surface area contributed by atoms with Gasteiger partial charge in [-0.1, -0.05) is 23.3 Å². The number of amides is 1. The summed E-state index contributed by atoms with van der Waals surface area (Å²) in [7, 11) is 4.62. The van der Waals surface area contributed by atoms with Crippen LogP contribution in [0.3, 0.4) is 0 Å². The average molecular weight is 423 g/mol. The number of nitrogens with zero attached hydrogens (tertiary/aromatic N) is 2. The van der Waals surface area contributed by atoms with E-state index in [1.807, 2.05) is 23.6 Å². The van der Waals surface area contributed by atoms with E-state index in [1.54, 1.807) is 32.4 Å². The smallest absolute Gasteiger partial charge is 0.272 e. The second kappa shape index (κ2) is 9.33. The molecule has 0 spiro atoms. The normalized spacial score (nSPS) is 11.6. The van der Waals surface area contributed by atoms with Crippen molar-refractivity contribution >= 4 is 33.5 Å². The summed E-state index contributed by atoms with van der Waals surface area (Å²) in [4.78, 5) is 17.3. The summed E-state index contributed by atoms with van der Waals surface area (Å²) in [5.41, 5.74) is 2.82. The van der Waals surface area contributed by atoms with Crippen molar-refractivity contribution < 1.29 is 19.0 Å². The Bertz CT molecular complexity index is 1200. The highest BCUT2D eigenvalue weighted by atomic mass is 32.1. The minimum Gasteiger partial charge on any atom is -0.493 e. The second-order valence-electron chi connectivity index (χ2n) is 6.39. The van der Waals surface area contributed by atoms with E-state index in [0.717, 1.165) is 21.3 Å². The van der Waals surface area contributed by atoms with Crippen molar-refractivity contribution in [2.75, 3.05) is 21.3 Å². The van der Waals surface area contributed by atoms with E-state index in [2.05, 4.69) is 17.0 Å². The van der Waals surface area contributed by atoms with Gasteiger partial charge in [-0.3, -0.25) is 4.79 Å². The van der Waals surface area contributed by atoms with Gasteiger partial charge in [0.25, 0.3) is 5.91 Å². The zero-order chi connectivity index (χ0) is 21.7. The number of benzene rings is 2. The molecule has 2 aromatic carbocycles. The zero-order valence-electron chi connectivity index (χ0n) is 17.3. The van der Waals surface area contributed by atoms with Crippen molar-refractivity contribution in [1.29, 1.82) is 0 Å². The topological polar surface area (TPSA) is 62.1 Å². The predicted molar refractivity (Wildman–Crippen MR) is 119 cm³/mol. The molecule has 0 unspecified atom stereocenters. The molecule has 0 radical (unpaired) electrons. The van der Waals surface area contributed by atoms with Gasteiger partial charge in [0.2, 0.25) is 5.75 Å². The fourth-order valence-electron chi connectivity index (χ4n) is 3.01. The molecule has 7 heteroatoms. The highest BCUT2D eigenvalue weighted by Gasteiger charge is 2.12. The number of aromatic nitrogens is 1. The van der Waals surface area contributed by atoms with Crippen LogP contribution >= 0.6 is 11.3 Å². The number of methoxy groups -OCH3 is 3. The Morgan fingerprint density at radius 3 is 2.47 bits per heavy atom. The van der Waals surface area contributed by atoms with Gasteiger partial charge in [-0.2, -0.15) is 4.99 Å². The van der Waals surface area contributed by atoms with E-state index in [9.17, 15) is 4.79 Å². The standard InChI is InChI=1S/C23H22N2O4S/c1-6-11-25-17-9-7-15(2)12-20(17)30-23(25)24-21(26)10-8-16-13-18(27-3)22(29-5)19(14-16)28-4/h1,7-10,12-14H,11H2,2-5H3/b10-8-,24-23?. The number of thiazole rings is 1. The summed E-state index contributed by atoms with van der Waals surface area (Å²) in [5.74, 6) is 3.74. The number of carbonyl (C=O) groups excluding carboxylic acids is 1. The maximum Gasteiger partial charge on any atom is 0.272 e. The molecule has 0 saturated carbocycles. The van der Waals surface area contributed by atoms with Crippen LogP contribution < -0.4 is 19.0 Å². The monoisotopic (exact) mass is 422 g/mol. The first-order chi connectivity index (χ1) is 14.5. The Kier molecular flexibility index (Phi) is 6.60. The number of fused-ring (bicyclic) bond motifs is 1. The lowest BCUT2D eigenvalue weighted by Crippen LogP contribution is -2.15. The van der Waals surface area contributed by atoms with Gasteiger partial charge in [0.15, 0.2) is 16.3 Å². The van der Waals surface area contributed by atoms with Crippen LogP contribution in [0.5, 0.6) is 17.2 Å². The molecule has 0 bridgehead atoms. The molecule has 6 nitrogen and oxygen atoms in total. The van der Waals surface area contributed by atoms with Gasteiger partial charge in [-0.15, -0.1) is 6.42 Å². The molecule has 0 aliphatic carbocycles. The summed E-state index contributed by atoms with van der Waals surface area (Å²) < 4.78 is 18.9. The van der Waals surface area contributed by atoms with Crippen molar-refractivity contribution in [3.8, 4) is 29.6 Å². The predicted octanol–water partition coefficient (Wildman–Crippen LogP) is 3.81. The molecule has 0 atom stereocenters. The number of rotatable bonds is 6. The summed E-state index contributed by atoms with van der Waals surface area (Å²) in [6, 6.07) is 9.58. The van der Waals surface area contributed by atoms with Crippen molar-refractivity contribution in [2.45, 2.75) is 13.5 Å². The molecule has 0 aliphatic heterocycles. The molecule has 1 amide bonds. The highest BCUT2D eigenvalue weighted by Crippen LogP contribution is 2.38. The second-order valence-corrected chi connectivity index (χ2v) is 7.40. The van der Waals surface area contributed by atoms with Crippen LogP contribution in [0, 0.1) is 19.3 Å². The first-order valence-electron chi connectivity index (χ1n) is 9.11. The van der Waals surface area contributed by atoms with Crippen molar-refractivity contribution in [2.24, 2.45) is 4.99 Å². The summed E-state index contributed by atoms with van der Waals surface area (Å²) in [5, 5.41) is 0. The average Bonchev–Trinajstić information content (AvgIpc) is 3.07. The molecule has 0 fully saturated rings. The van der Waals surface area contributed by atoms with Crippen LogP contribution in [0.1, 0.15) is 11.1 Å². The number of carbonyl (C=O) groups is 1. The molecule has 30 heavy (non-hydrogen) atoms. The van der Waals surface area contributed by atoms with Crippen LogP contribution in [-0.2, 0) is 11.3 Å². The van der Waals surface area contributed by atoms with Crippen molar-refractivity contribution in [3.05, 3.63) is 52.3 Å². The van der Waals surface area contributed by atoms with Gasteiger partial charge < -0.3 is 18.8 Å². The molecule has 1 heterocycles. The van der Waals surface area contributed by atoms with Crippen LogP contribution in [0.25, 0.3) is 16.3 Å². The molecule has 154 valence electrons. The van der Waals surface area contributed by atoms with E-state index in [4.69, 9.17) is 20.6 Å². The molecule has 0 aliphatic rings. The van der Waals surface area contributed by atoms with Crippen LogP contribution in [-0.4, -0.2) is 31.8 Å². The quantitative estimate of drug-likeness (QED) is 0.448. The van der Waals surface area contributed by atoms with E-state index in [-0.39, 0.29) is 0 Å². The number of terminal acetylenes is 1. The molecule has 3 rings (SSSR count). The van der Waals surface area contributed by atoms with Crippen LogP contribution in [0.15, 0.2) is 41.4 Å². The summed E-state index contributed by atoms with van der Waals surface area (Å²) in [6.07, 6.45) is 8.56. The lowest BCUT2D eigenvalue weighted by molar-refractivity contribution is -0.113. The van der Waals surface area contributed by atoms with Gasteiger partial charge in [0.1, 0.15) is 0 Å². The van der Waals surface area contributed by atoms with E-state index in [1.165, 1.54) is 24.5 Å². The minimum absolute atomic E-state index is 0.339. The Balaban J connectivity index is 1.97. The van der Waals surface area contributed by atoms with Crippen LogP contribution in [0.2, 0.25) is 0 Å². The molecule has 3 aromatic rings. The third-order valence-corrected chi connectivity index (χ3v) is 5.44. The molecule has 1 aromatic heterocycles. The van der Waals surface area contributed by atoms with E-state index >= 15 is 0 Å². The lowest BCUT2D eigenvalue weighted by atomic mass is 10.1.